The third-order valence-electron chi connectivity index (χ3n) is 6.58. The van der Waals surface area contributed by atoms with Crippen molar-refractivity contribution >= 4 is 6.29 Å². The molecule has 2 rings (SSSR count). The Morgan fingerprint density at radius 3 is 2.33 bits per heavy atom. The summed E-state index contributed by atoms with van der Waals surface area (Å²) in [5, 5.41) is 32.5. The van der Waals surface area contributed by atoms with Gasteiger partial charge < -0.3 is 15.3 Å². The summed E-state index contributed by atoms with van der Waals surface area (Å²) >= 11 is 0. The van der Waals surface area contributed by atoms with Crippen molar-refractivity contribution in [1.29, 1.82) is 0 Å². The topological polar surface area (TPSA) is 77.8 Å². The quantitative estimate of drug-likeness (QED) is 0.421. The molecule has 0 saturated heterocycles. The molecular formula is C20H32O4. The molecule has 0 bridgehead atoms. The molecule has 2 fully saturated rings. The second-order valence-corrected chi connectivity index (χ2v) is 8.87. The lowest BCUT2D eigenvalue weighted by molar-refractivity contribution is -0.255. The van der Waals surface area contributed by atoms with E-state index in [1.54, 1.807) is 6.92 Å². The summed E-state index contributed by atoms with van der Waals surface area (Å²) in [7, 11) is 0. The van der Waals surface area contributed by atoms with E-state index in [9.17, 15) is 20.1 Å². The zero-order valence-electron chi connectivity index (χ0n) is 15.5. The number of aliphatic hydroxyl groups excluding tert-OH is 2. The van der Waals surface area contributed by atoms with Gasteiger partial charge in [-0.25, -0.2) is 0 Å². The molecular weight excluding hydrogens is 304 g/mol. The van der Waals surface area contributed by atoms with Gasteiger partial charge in [-0.1, -0.05) is 39.3 Å². The minimum atomic E-state index is -1.42. The van der Waals surface area contributed by atoms with Gasteiger partial charge in [-0.05, 0) is 55.1 Å². The van der Waals surface area contributed by atoms with Crippen LogP contribution in [0, 0.1) is 22.7 Å². The Bertz CT molecular complexity index is 546. The van der Waals surface area contributed by atoms with Crippen molar-refractivity contribution in [2.45, 2.75) is 71.7 Å². The fraction of sp³-hybridized carbons (Fsp3) is 0.750. The fourth-order valence-electron chi connectivity index (χ4n) is 5.53. The maximum absolute atomic E-state index is 11.0. The van der Waals surface area contributed by atoms with Gasteiger partial charge in [0, 0.05) is 5.92 Å². The molecule has 0 aromatic carbocycles. The Kier molecular flexibility index (Phi) is 5.16. The molecule has 0 spiro atoms. The summed E-state index contributed by atoms with van der Waals surface area (Å²) in [5.41, 5.74) is -1.04. The van der Waals surface area contributed by atoms with Crippen molar-refractivity contribution < 1.29 is 20.1 Å². The second kappa shape index (κ2) is 6.40. The molecule has 0 amide bonds. The zero-order chi connectivity index (χ0) is 18.3. The number of aldehydes is 1. The Morgan fingerprint density at radius 2 is 1.75 bits per heavy atom. The van der Waals surface area contributed by atoms with Crippen LogP contribution in [0.5, 0.6) is 0 Å². The number of hydrogen-bond donors (Lipinski definition) is 3. The highest BCUT2D eigenvalue weighted by Gasteiger charge is 2.64. The molecule has 0 aliphatic heterocycles. The Balaban J connectivity index is 2.52. The highest BCUT2D eigenvalue weighted by atomic mass is 16.4. The summed E-state index contributed by atoms with van der Waals surface area (Å²) in [6.45, 7) is 9.85. The minimum Gasteiger partial charge on any atom is -0.390 e. The summed E-state index contributed by atoms with van der Waals surface area (Å²) in [6.07, 6.45) is 6.75. The average Bonchev–Trinajstić information content (AvgIpc) is 2.44. The van der Waals surface area contributed by atoms with Crippen LogP contribution in [-0.2, 0) is 4.79 Å². The molecule has 4 nitrogen and oxygen atoms in total. The van der Waals surface area contributed by atoms with Gasteiger partial charge in [-0.2, -0.15) is 0 Å². The molecule has 0 heterocycles. The van der Waals surface area contributed by atoms with Crippen LogP contribution < -0.4 is 0 Å². The van der Waals surface area contributed by atoms with Gasteiger partial charge in [-0.15, -0.1) is 0 Å². The van der Waals surface area contributed by atoms with Crippen LogP contribution in [-0.4, -0.2) is 39.4 Å². The molecule has 24 heavy (non-hydrogen) atoms. The summed E-state index contributed by atoms with van der Waals surface area (Å²) in [6, 6.07) is 0. The second-order valence-electron chi connectivity index (χ2n) is 8.87. The molecule has 4 heteroatoms. The van der Waals surface area contributed by atoms with Crippen LogP contribution in [0.4, 0.5) is 0 Å². The Morgan fingerprint density at radius 1 is 1.12 bits per heavy atom. The monoisotopic (exact) mass is 336 g/mol. The van der Waals surface area contributed by atoms with Crippen molar-refractivity contribution in [3.05, 3.63) is 23.8 Å². The lowest BCUT2D eigenvalue weighted by atomic mass is 9.44. The van der Waals surface area contributed by atoms with E-state index in [0.29, 0.717) is 0 Å². The van der Waals surface area contributed by atoms with Gasteiger partial charge in [0.15, 0.2) is 0 Å². The van der Waals surface area contributed by atoms with Crippen molar-refractivity contribution in [3.8, 4) is 0 Å². The van der Waals surface area contributed by atoms with E-state index in [1.807, 2.05) is 19.1 Å². The Hall–Kier alpha value is -0.970. The van der Waals surface area contributed by atoms with E-state index in [0.717, 1.165) is 31.1 Å². The maximum Gasteiger partial charge on any atom is 0.143 e. The third kappa shape index (κ3) is 3.00. The van der Waals surface area contributed by atoms with Crippen molar-refractivity contribution in [2.75, 3.05) is 0 Å². The number of carbonyl (C=O) groups is 1. The molecule has 2 aliphatic carbocycles. The van der Waals surface area contributed by atoms with Crippen LogP contribution in [0.25, 0.3) is 0 Å². The number of fused-ring (bicyclic) bond motifs is 1. The SMILES string of the molecule is CC(/C=C/[C@H]1[C@](C)(O)[C@@H](O)[C@H](O)[C@H]2C(C)(C)CCC[C@]21C)=C\C=O. The van der Waals surface area contributed by atoms with Crippen molar-refractivity contribution in [1.82, 2.24) is 0 Å². The first-order chi connectivity index (χ1) is 11.0. The highest BCUT2D eigenvalue weighted by molar-refractivity contribution is 5.66. The van der Waals surface area contributed by atoms with Gasteiger partial charge in [0.25, 0.3) is 0 Å². The predicted octanol–water partition coefficient (Wildman–Crippen LogP) is 2.62. The summed E-state index contributed by atoms with van der Waals surface area (Å²) < 4.78 is 0. The molecule has 0 radical (unpaired) electrons. The van der Waals surface area contributed by atoms with Crippen molar-refractivity contribution in [2.24, 2.45) is 22.7 Å². The maximum atomic E-state index is 11.0. The molecule has 2 saturated carbocycles. The van der Waals surface area contributed by atoms with Crippen molar-refractivity contribution in [3.63, 3.8) is 0 Å². The fourth-order valence-corrected chi connectivity index (χ4v) is 5.53. The minimum absolute atomic E-state index is 0.0982. The lowest BCUT2D eigenvalue weighted by Crippen LogP contribution is -2.69. The van der Waals surface area contributed by atoms with Gasteiger partial charge in [0.1, 0.15) is 12.4 Å². The molecule has 0 unspecified atom stereocenters. The van der Waals surface area contributed by atoms with Crippen LogP contribution in [0.15, 0.2) is 23.8 Å². The molecule has 2 aliphatic rings. The zero-order valence-corrected chi connectivity index (χ0v) is 15.5. The molecule has 3 N–H and O–H groups in total. The number of carbonyl (C=O) groups excluding carboxylic acids is 1. The largest absolute Gasteiger partial charge is 0.390 e. The summed E-state index contributed by atoms with van der Waals surface area (Å²) in [5.74, 6) is -0.401. The number of rotatable bonds is 3. The predicted molar refractivity (Wildman–Crippen MR) is 94.3 cm³/mol. The van der Waals surface area contributed by atoms with Crippen LogP contribution in [0.2, 0.25) is 0 Å². The first kappa shape index (κ1) is 19.4. The molecule has 0 aromatic heterocycles. The van der Waals surface area contributed by atoms with E-state index in [4.69, 9.17) is 0 Å². The first-order valence-corrected chi connectivity index (χ1v) is 8.87. The van der Waals surface area contributed by atoms with E-state index >= 15 is 0 Å². The lowest BCUT2D eigenvalue weighted by Gasteiger charge is -2.63. The highest BCUT2D eigenvalue weighted by Crippen LogP contribution is 2.62. The van der Waals surface area contributed by atoms with E-state index in [2.05, 4.69) is 20.8 Å². The average molecular weight is 336 g/mol. The van der Waals surface area contributed by atoms with E-state index in [1.165, 1.54) is 6.08 Å². The first-order valence-electron chi connectivity index (χ1n) is 8.87. The third-order valence-corrected chi connectivity index (χ3v) is 6.58. The number of hydrogen-bond acceptors (Lipinski definition) is 4. The molecule has 6 atom stereocenters. The van der Waals surface area contributed by atoms with Gasteiger partial charge in [-0.3, -0.25) is 4.79 Å². The van der Waals surface area contributed by atoms with Crippen LogP contribution in [0.3, 0.4) is 0 Å². The summed E-state index contributed by atoms with van der Waals surface area (Å²) in [4.78, 5) is 10.6. The standard InChI is InChI=1S/C20H32O4/c1-13(9-12-21)7-8-14-19(4)11-6-10-18(2,3)16(19)15(22)17(23)20(14,5)24/h7-9,12,14-17,22-24H,6,10-11H2,1-5H3/b8-7+,13-9+/t14-,15-,16+,17+,19+,20+/m1/s1. The smallest absolute Gasteiger partial charge is 0.143 e. The molecule has 0 aromatic rings. The van der Waals surface area contributed by atoms with Gasteiger partial charge >= 0.3 is 0 Å². The number of allylic oxidation sites excluding steroid dienone is 3. The normalized spacial score (nSPS) is 45.9. The molecule has 136 valence electrons. The van der Waals surface area contributed by atoms with Gasteiger partial charge in [0.05, 0.1) is 11.7 Å². The van der Waals surface area contributed by atoms with Gasteiger partial charge in [0.2, 0.25) is 0 Å². The number of aliphatic hydroxyl groups is 3. The van der Waals surface area contributed by atoms with Crippen LogP contribution in [0.1, 0.15) is 53.9 Å². The van der Waals surface area contributed by atoms with E-state index < -0.39 is 17.8 Å². The van der Waals surface area contributed by atoms with Crippen LogP contribution >= 0.6 is 0 Å². The Labute approximate surface area is 145 Å². The van der Waals surface area contributed by atoms with E-state index in [-0.39, 0.29) is 22.7 Å².